The molecule has 16 heavy (non-hydrogen) atoms. The molecule has 0 aromatic rings. The van der Waals surface area contributed by atoms with Gasteiger partial charge in [0.2, 0.25) is 5.91 Å². The van der Waals surface area contributed by atoms with E-state index in [9.17, 15) is 9.59 Å². The number of nitrogens with zero attached hydrogens (tertiary/aromatic N) is 1. The average molecular weight is 229 g/mol. The smallest absolute Gasteiger partial charge is 0.222 e. The van der Waals surface area contributed by atoms with Crippen LogP contribution in [0, 0.1) is 5.92 Å². The van der Waals surface area contributed by atoms with Gasteiger partial charge in [-0.25, -0.2) is 0 Å². The predicted molar refractivity (Wildman–Crippen MR) is 68.4 cm³/mol. The van der Waals surface area contributed by atoms with E-state index in [0.717, 1.165) is 6.42 Å². The molecule has 3 nitrogen and oxygen atoms in total. The number of hydrogen-bond donors (Lipinski definition) is 0. The third-order valence-corrected chi connectivity index (χ3v) is 2.03. The van der Waals surface area contributed by atoms with Crippen molar-refractivity contribution in [1.82, 2.24) is 4.90 Å². The highest BCUT2D eigenvalue weighted by Crippen LogP contribution is 2.03. The van der Waals surface area contributed by atoms with Gasteiger partial charge in [-0.2, -0.15) is 0 Å². The highest BCUT2D eigenvalue weighted by molar-refractivity contribution is 5.76. The molecular weight excluding hydrogens is 202 g/mol. The summed E-state index contributed by atoms with van der Waals surface area (Å²) in [4.78, 5) is 23.9. The fourth-order valence-electron chi connectivity index (χ4n) is 1.19. The quantitative estimate of drug-likeness (QED) is 0.702. The fraction of sp³-hybridized carbons (Fsp3) is 0.846. The summed E-state index contributed by atoms with van der Waals surface area (Å²) in [6.45, 7) is 10.3. The van der Waals surface area contributed by atoms with Crippen molar-refractivity contribution in [3.63, 3.8) is 0 Å². The van der Waals surface area contributed by atoms with E-state index in [2.05, 4.69) is 0 Å². The van der Waals surface area contributed by atoms with Crippen molar-refractivity contribution in [1.29, 1.82) is 0 Å². The van der Waals surface area contributed by atoms with E-state index < -0.39 is 0 Å². The van der Waals surface area contributed by atoms with Crippen molar-refractivity contribution in [2.45, 2.75) is 53.9 Å². The van der Waals surface area contributed by atoms with Gasteiger partial charge >= 0.3 is 0 Å². The van der Waals surface area contributed by atoms with Crippen molar-refractivity contribution >= 4 is 11.7 Å². The van der Waals surface area contributed by atoms with Gasteiger partial charge in [-0.3, -0.25) is 4.79 Å². The molecule has 0 rings (SSSR count). The molecule has 0 aliphatic heterocycles. The van der Waals surface area contributed by atoms with Crippen molar-refractivity contribution in [3.05, 3.63) is 0 Å². The van der Waals surface area contributed by atoms with Gasteiger partial charge in [-0.1, -0.05) is 27.7 Å². The van der Waals surface area contributed by atoms with Crippen molar-refractivity contribution < 1.29 is 9.59 Å². The molecule has 3 heteroatoms. The number of Topliss-reactive ketones (excluding diaryl/α,β-unsaturated/α-hetero) is 1. The Hall–Kier alpha value is -0.860. The first-order valence-electron chi connectivity index (χ1n) is 6.17. The lowest BCUT2D eigenvalue weighted by Crippen LogP contribution is -2.28. The van der Waals surface area contributed by atoms with Crippen LogP contribution >= 0.6 is 0 Å². The molecule has 0 atom stereocenters. The monoisotopic (exact) mass is 229 g/mol. The highest BCUT2D eigenvalue weighted by Gasteiger charge is 2.10. The van der Waals surface area contributed by atoms with Crippen LogP contribution in [-0.4, -0.2) is 30.2 Å². The molecule has 0 heterocycles. The minimum absolute atomic E-state index is 0.170. The standard InChI is InChI=1S/C11H21NO2.C2H6/c1-9(2)8-11(14)12(4)7-5-6-10(3)13;1-2/h9H,5-8H2,1-4H3;1-2H3. The van der Waals surface area contributed by atoms with Crippen LogP contribution < -0.4 is 0 Å². The maximum Gasteiger partial charge on any atom is 0.222 e. The minimum Gasteiger partial charge on any atom is -0.346 e. The molecule has 96 valence electrons. The normalized spacial score (nSPS) is 9.44. The van der Waals surface area contributed by atoms with Crippen molar-refractivity contribution in [2.24, 2.45) is 5.92 Å². The average Bonchev–Trinajstić information content (AvgIpc) is 2.19. The molecule has 0 fully saturated rings. The second-order valence-electron chi connectivity index (χ2n) is 4.22. The second-order valence-corrected chi connectivity index (χ2v) is 4.22. The number of carbonyl (C=O) groups excluding carboxylic acids is 2. The van der Waals surface area contributed by atoms with Gasteiger partial charge in [0.15, 0.2) is 0 Å². The first-order valence-corrected chi connectivity index (χ1v) is 6.17. The Morgan fingerprint density at radius 1 is 1.19 bits per heavy atom. The molecule has 0 spiro atoms. The van der Waals surface area contributed by atoms with Gasteiger partial charge in [-0.15, -0.1) is 0 Å². The van der Waals surface area contributed by atoms with E-state index in [1.54, 1.807) is 18.9 Å². The molecule has 0 bridgehead atoms. The molecule has 0 unspecified atom stereocenters. The number of amides is 1. The highest BCUT2D eigenvalue weighted by atomic mass is 16.2. The molecule has 0 aromatic carbocycles. The third-order valence-electron chi connectivity index (χ3n) is 2.03. The third kappa shape index (κ3) is 11.2. The molecule has 0 N–H and O–H groups in total. The lowest BCUT2D eigenvalue weighted by atomic mass is 10.1. The maximum absolute atomic E-state index is 11.5. The van der Waals surface area contributed by atoms with E-state index in [0.29, 0.717) is 25.3 Å². The summed E-state index contributed by atoms with van der Waals surface area (Å²) in [5, 5.41) is 0. The Labute approximate surface area is 100 Å². The molecule has 0 aromatic heterocycles. The summed E-state index contributed by atoms with van der Waals surface area (Å²) < 4.78 is 0. The first-order chi connectivity index (χ1) is 7.43. The van der Waals surface area contributed by atoms with E-state index in [1.165, 1.54) is 0 Å². The van der Waals surface area contributed by atoms with Gasteiger partial charge in [0.1, 0.15) is 5.78 Å². The van der Waals surface area contributed by atoms with Crippen LogP contribution in [0.25, 0.3) is 0 Å². The summed E-state index contributed by atoms with van der Waals surface area (Å²) in [6.07, 6.45) is 1.94. The Morgan fingerprint density at radius 3 is 2.06 bits per heavy atom. The van der Waals surface area contributed by atoms with Crippen LogP contribution in [0.5, 0.6) is 0 Å². The zero-order chi connectivity index (χ0) is 13.1. The number of carbonyl (C=O) groups is 2. The lowest BCUT2D eigenvalue weighted by Gasteiger charge is -2.17. The summed E-state index contributed by atoms with van der Waals surface area (Å²) in [6, 6.07) is 0. The summed E-state index contributed by atoms with van der Waals surface area (Å²) in [5.74, 6) is 0.760. The molecule has 0 radical (unpaired) electrons. The molecular formula is C13H27NO2. The van der Waals surface area contributed by atoms with E-state index in [4.69, 9.17) is 0 Å². The van der Waals surface area contributed by atoms with Crippen LogP contribution in [-0.2, 0) is 9.59 Å². The zero-order valence-electron chi connectivity index (χ0n) is 11.7. The van der Waals surface area contributed by atoms with E-state index in [1.807, 2.05) is 27.7 Å². The van der Waals surface area contributed by atoms with Crippen LogP contribution in [0.1, 0.15) is 53.9 Å². The summed E-state index contributed by atoms with van der Waals surface area (Å²) in [7, 11) is 1.80. The molecule has 0 saturated carbocycles. The molecule has 0 saturated heterocycles. The van der Waals surface area contributed by atoms with Gasteiger partial charge in [0.05, 0.1) is 0 Å². The lowest BCUT2D eigenvalue weighted by molar-refractivity contribution is -0.131. The number of rotatable bonds is 6. The minimum atomic E-state index is 0.170. The first kappa shape index (κ1) is 17.5. The van der Waals surface area contributed by atoms with Crippen LogP contribution in [0.2, 0.25) is 0 Å². The number of ketones is 1. The molecule has 1 amide bonds. The van der Waals surface area contributed by atoms with Crippen LogP contribution in [0.3, 0.4) is 0 Å². The summed E-state index contributed by atoms with van der Waals surface area (Å²) >= 11 is 0. The summed E-state index contributed by atoms with van der Waals surface area (Å²) in [5.41, 5.74) is 0. The van der Waals surface area contributed by atoms with Gasteiger partial charge in [0, 0.05) is 26.4 Å². The maximum atomic E-state index is 11.5. The molecule has 0 aliphatic rings. The Balaban J connectivity index is 0. The van der Waals surface area contributed by atoms with Gasteiger partial charge in [0.25, 0.3) is 0 Å². The van der Waals surface area contributed by atoms with Crippen LogP contribution in [0.4, 0.5) is 0 Å². The second kappa shape index (κ2) is 10.7. The Morgan fingerprint density at radius 2 is 1.69 bits per heavy atom. The topological polar surface area (TPSA) is 37.4 Å². The number of hydrogen-bond acceptors (Lipinski definition) is 2. The zero-order valence-corrected chi connectivity index (χ0v) is 11.7. The van der Waals surface area contributed by atoms with Gasteiger partial charge in [-0.05, 0) is 19.3 Å². The van der Waals surface area contributed by atoms with Crippen molar-refractivity contribution in [2.75, 3.05) is 13.6 Å². The van der Waals surface area contributed by atoms with Gasteiger partial charge < -0.3 is 9.69 Å². The van der Waals surface area contributed by atoms with Crippen molar-refractivity contribution in [3.8, 4) is 0 Å². The fourth-order valence-corrected chi connectivity index (χ4v) is 1.19. The van der Waals surface area contributed by atoms with Crippen LogP contribution in [0.15, 0.2) is 0 Å². The van der Waals surface area contributed by atoms with E-state index in [-0.39, 0.29) is 11.7 Å². The Kier molecular flexibility index (Phi) is 11.7. The predicted octanol–water partition coefficient (Wildman–Crippen LogP) is 2.89. The molecule has 0 aliphatic carbocycles. The Bertz CT molecular complexity index is 200. The SMILES string of the molecule is CC.CC(=O)CCCN(C)C(=O)CC(C)C. The largest absolute Gasteiger partial charge is 0.346 e. The van der Waals surface area contributed by atoms with E-state index >= 15 is 0 Å².